The minimum Gasteiger partial charge on any atom is -0.329 e. The van der Waals surface area contributed by atoms with E-state index in [1.807, 2.05) is 6.33 Å². The third-order valence-corrected chi connectivity index (χ3v) is 5.65. The van der Waals surface area contributed by atoms with Gasteiger partial charge in [-0.3, -0.25) is 4.90 Å². The standard InChI is InChI=1S/C19H28N4/c1-2-7-17(6-1)22-11-5-10-21(12-14-22)13-15-23-16-20-18-8-3-4-9-19(18)23/h3-4,8-9,16-17H,1-2,5-7,10-15H2. The predicted octanol–water partition coefficient (Wildman–Crippen LogP) is 2.99. The average Bonchev–Trinajstić information content (AvgIpc) is 3.19. The molecule has 0 atom stereocenters. The van der Waals surface area contributed by atoms with Crippen LogP contribution >= 0.6 is 0 Å². The summed E-state index contributed by atoms with van der Waals surface area (Å²) >= 11 is 0. The SMILES string of the molecule is c1ccc2c(c1)ncn2CCN1CCCN(C2CCCC2)CC1. The van der Waals surface area contributed by atoms with E-state index in [9.17, 15) is 0 Å². The summed E-state index contributed by atoms with van der Waals surface area (Å²) in [7, 11) is 0. The van der Waals surface area contributed by atoms with E-state index in [-0.39, 0.29) is 0 Å². The van der Waals surface area contributed by atoms with Gasteiger partial charge in [0.2, 0.25) is 0 Å². The van der Waals surface area contributed by atoms with Crippen LogP contribution in [0.1, 0.15) is 32.1 Å². The normalized spacial score (nSPS) is 21.9. The molecule has 4 rings (SSSR count). The van der Waals surface area contributed by atoms with Crippen LogP contribution in [-0.2, 0) is 6.54 Å². The number of para-hydroxylation sites is 2. The molecule has 2 aliphatic rings. The van der Waals surface area contributed by atoms with Crippen molar-refractivity contribution in [2.45, 2.75) is 44.7 Å². The maximum absolute atomic E-state index is 4.50. The molecule has 23 heavy (non-hydrogen) atoms. The van der Waals surface area contributed by atoms with Crippen LogP contribution in [0.15, 0.2) is 30.6 Å². The Morgan fingerprint density at radius 1 is 0.913 bits per heavy atom. The van der Waals surface area contributed by atoms with Gasteiger partial charge >= 0.3 is 0 Å². The molecule has 2 fully saturated rings. The fourth-order valence-electron chi connectivity index (χ4n) is 4.29. The molecule has 0 unspecified atom stereocenters. The average molecular weight is 312 g/mol. The molecule has 2 aromatic rings. The molecule has 0 N–H and O–H groups in total. The molecule has 0 bridgehead atoms. The van der Waals surface area contributed by atoms with Crippen LogP contribution in [0.3, 0.4) is 0 Å². The fraction of sp³-hybridized carbons (Fsp3) is 0.632. The van der Waals surface area contributed by atoms with E-state index in [0.29, 0.717) is 0 Å². The first-order valence-corrected chi connectivity index (χ1v) is 9.26. The number of aromatic nitrogens is 2. The summed E-state index contributed by atoms with van der Waals surface area (Å²) in [4.78, 5) is 9.91. The number of benzene rings is 1. The highest BCUT2D eigenvalue weighted by Crippen LogP contribution is 2.24. The lowest BCUT2D eigenvalue weighted by atomic mass is 10.2. The first-order chi connectivity index (χ1) is 11.4. The van der Waals surface area contributed by atoms with E-state index in [1.165, 1.54) is 63.8 Å². The van der Waals surface area contributed by atoms with Gasteiger partial charge in [-0.15, -0.1) is 0 Å². The van der Waals surface area contributed by atoms with Gasteiger partial charge in [-0.2, -0.15) is 0 Å². The molecule has 2 heterocycles. The van der Waals surface area contributed by atoms with Crippen LogP contribution in [0.25, 0.3) is 11.0 Å². The highest BCUT2D eigenvalue weighted by molar-refractivity contribution is 5.74. The van der Waals surface area contributed by atoms with Crippen molar-refractivity contribution < 1.29 is 0 Å². The first kappa shape index (κ1) is 15.2. The number of hydrogen-bond acceptors (Lipinski definition) is 3. The van der Waals surface area contributed by atoms with Gasteiger partial charge in [-0.1, -0.05) is 25.0 Å². The molecule has 124 valence electrons. The van der Waals surface area contributed by atoms with Gasteiger partial charge in [-0.05, 0) is 44.5 Å². The summed E-state index contributed by atoms with van der Waals surface area (Å²) < 4.78 is 2.30. The lowest BCUT2D eigenvalue weighted by molar-refractivity contribution is 0.198. The second-order valence-electron chi connectivity index (χ2n) is 7.10. The van der Waals surface area contributed by atoms with Crippen LogP contribution in [0.4, 0.5) is 0 Å². The predicted molar refractivity (Wildman–Crippen MR) is 94.6 cm³/mol. The van der Waals surface area contributed by atoms with Crippen LogP contribution in [0.5, 0.6) is 0 Å². The minimum absolute atomic E-state index is 0.882. The van der Waals surface area contributed by atoms with Crippen molar-refractivity contribution in [3.8, 4) is 0 Å². The molecule has 4 heteroatoms. The van der Waals surface area contributed by atoms with Gasteiger partial charge in [0.1, 0.15) is 0 Å². The van der Waals surface area contributed by atoms with Gasteiger partial charge < -0.3 is 9.47 Å². The summed E-state index contributed by atoms with van der Waals surface area (Å²) in [5.74, 6) is 0. The summed E-state index contributed by atoms with van der Waals surface area (Å²) in [6, 6.07) is 9.31. The Bertz CT molecular complexity index is 629. The second-order valence-corrected chi connectivity index (χ2v) is 7.10. The summed E-state index contributed by atoms with van der Waals surface area (Å²) in [6.45, 7) is 7.21. The van der Waals surface area contributed by atoms with Gasteiger partial charge in [-0.25, -0.2) is 4.98 Å². The van der Waals surface area contributed by atoms with Crippen molar-refractivity contribution in [2.75, 3.05) is 32.7 Å². The Morgan fingerprint density at radius 3 is 2.70 bits per heavy atom. The van der Waals surface area contributed by atoms with E-state index in [1.54, 1.807) is 0 Å². The Kier molecular flexibility index (Phi) is 4.62. The van der Waals surface area contributed by atoms with Crippen LogP contribution < -0.4 is 0 Å². The lowest BCUT2D eigenvalue weighted by Gasteiger charge is -2.27. The lowest BCUT2D eigenvalue weighted by Crippen LogP contribution is -2.37. The van der Waals surface area contributed by atoms with Crippen LogP contribution in [0.2, 0.25) is 0 Å². The molecular formula is C19H28N4. The summed E-state index contributed by atoms with van der Waals surface area (Å²) in [5.41, 5.74) is 2.37. The Labute approximate surface area is 139 Å². The molecule has 4 nitrogen and oxygen atoms in total. The van der Waals surface area contributed by atoms with Gasteiger partial charge in [0.25, 0.3) is 0 Å². The topological polar surface area (TPSA) is 24.3 Å². The van der Waals surface area contributed by atoms with Crippen molar-refractivity contribution in [1.82, 2.24) is 19.4 Å². The van der Waals surface area contributed by atoms with Gasteiger partial charge in [0.05, 0.1) is 17.4 Å². The van der Waals surface area contributed by atoms with E-state index in [4.69, 9.17) is 0 Å². The number of hydrogen-bond donors (Lipinski definition) is 0. The molecule has 1 saturated carbocycles. The molecule has 0 radical (unpaired) electrons. The van der Waals surface area contributed by atoms with E-state index in [0.717, 1.165) is 24.6 Å². The fourth-order valence-corrected chi connectivity index (χ4v) is 4.29. The molecule has 1 aromatic heterocycles. The van der Waals surface area contributed by atoms with E-state index >= 15 is 0 Å². The molecule has 0 spiro atoms. The minimum atomic E-state index is 0.882. The summed E-state index contributed by atoms with van der Waals surface area (Å²) in [5, 5.41) is 0. The molecule has 1 aliphatic carbocycles. The third kappa shape index (κ3) is 3.43. The Morgan fingerprint density at radius 2 is 1.78 bits per heavy atom. The molecule has 1 aromatic carbocycles. The first-order valence-electron chi connectivity index (χ1n) is 9.26. The third-order valence-electron chi connectivity index (χ3n) is 5.65. The maximum Gasteiger partial charge on any atom is 0.0958 e. The van der Waals surface area contributed by atoms with Crippen LogP contribution in [-0.4, -0.2) is 58.1 Å². The molecular weight excluding hydrogens is 284 g/mol. The van der Waals surface area contributed by atoms with Crippen molar-refractivity contribution in [1.29, 1.82) is 0 Å². The molecule has 0 amide bonds. The van der Waals surface area contributed by atoms with Crippen LogP contribution in [0, 0.1) is 0 Å². The maximum atomic E-state index is 4.50. The van der Waals surface area contributed by atoms with Crippen molar-refractivity contribution >= 4 is 11.0 Å². The highest BCUT2D eigenvalue weighted by Gasteiger charge is 2.24. The largest absolute Gasteiger partial charge is 0.329 e. The molecule has 1 aliphatic heterocycles. The number of rotatable bonds is 4. The van der Waals surface area contributed by atoms with Gasteiger partial charge in [0.15, 0.2) is 0 Å². The Balaban J connectivity index is 1.32. The monoisotopic (exact) mass is 312 g/mol. The van der Waals surface area contributed by atoms with Crippen molar-refractivity contribution in [2.24, 2.45) is 0 Å². The summed E-state index contributed by atoms with van der Waals surface area (Å²) in [6.07, 6.45) is 9.06. The number of imidazole rings is 1. The van der Waals surface area contributed by atoms with Gasteiger partial charge in [0, 0.05) is 32.2 Å². The molecule has 1 saturated heterocycles. The Hall–Kier alpha value is -1.39. The van der Waals surface area contributed by atoms with Crippen molar-refractivity contribution in [3.63, 3.8) is 0 Å². The van der Waals surface area contributed by atoms with Crippen molar-refractivity contribution in [3.05, 3.63) is 30.6 Å². The smallest absolute Gasteiger partial charge is 0.0958 e. The van der Waals surface area contributed by atoms with E-state index in [2.05, 4.69) is 43.6 Å². The zero-order valence-electron chi connectivity index (χ0n) is 14.0. The highest BCUT2D eigenvalue weighted by atomic mass is 15.2. The zero-order valence-corrected chi connectivity index (χ0v) is 14.0. The quantitative estimate of drug-likeness (QED) is 0.867. The number of nitrogens with zero attached hydrogens (tertiary/aromatic N) is 4. The van der Waals surface area contributed by atoms with E-state index < -0.39 is 0 Å². The number of fused-ring (bicyclic) bond motifs is 1. The second kappa shape index (κ2) is 7.02. The zero-order chi connectivity index (χ0) is 15.5.